The van der Waals surface area contributed by atoms with Crippen molar-refractivity contribution in [2.24, 2.45) is 0 Å². The van der Waals surface area contributed by atoms with Gasteiger partial charge in [-0.2, -0.15) is 5.10 Å². The molecule has 0 saturated carbocycles. The molecule has 0 bridgehead atoms. The summed E-state index contributed by atoms with van der Waals surface area (Å²) >= 11 is 3.28. The molecule has 0 saturated heterocycles. The van der Waals surface area contributed by atoms with Crippen LogP contribution in [0.25, 0.3) is 5.69 Å². The van der Waals surface area contributed by atoms with E-state index in [1.807, 2.05) is 0 Å². The third-order valence-electron chi connectivity index (χ3n) is 2.75. The smallest absolute Gasteiger partial charge is 0.356 e. The molecule has 2 rings (SSSR count). The topological polar surface area (TPSA) is 75.3 Å². The van der Waals surface area contributed by atoms with Crippen molar-refractivity contribution in [3.05, 3.63) is 45.9 Å². The summed E-state index contributed by atoms with van der Waals surface area (Å²) in [6.45, 7) is -0.0338. The van der Waals surface area contributed by atoms with Gasteiger partial charge in [-0.25, -0.2) is 13.9 Å². The van der Waals surface area contributed by atoms with Gasteiger partial charge in [0.2, 0.25) is 0 Å². The van der Waals surface area contributed by atoms with Crippen LogP contribution in [0.3, 0.4) is 0 Å². The molecule has 0 radical (unpaired) electrons. The highest BCUT2D eigenvalue weighted by Crippen LogP contribution is 2.23. The first-order valence-electron chi connectivity index (χ1n) is 5.91. The van der Waals surface area contributed by atoms with E-state index in [-0.39, 0.29) is 12.3 Å². The molecular weight excluding hydrogens is 331 g/mol. The summed E-state index contributed by atoms with van der Waals surface area (Å²) in [4.78, 5) is 11.2. The highest BCUT2D eigenvalue weighted by atomic mass is 79.9. The van der Waals surface area contributed by atoms with Crippen molar-refractivity contribution < 1.29 is 19.4 Å². The molecular formula is C13H12BrFN2O3. The van der Waals surface area contributed by atoms with Crippen molar-refractivity contribution in [1.29, 1.82) is 0 Å². The number of rotatable bonds is 5. The van der Waals surface area contributed by atoms with E-state index < -0.39 is 11.8 Å². The van der Waals surface area contributed by atoms with Crippen molar-refractivity contribution in [3.8, 4) is 5.69 Å². The predicted molar refractivity (Wildman–Crippen MR) is 73.6 cm³/mol. The Morgan fingerprint density at radius 2 is 2.20 bits per heavy atom. The molecule has 1 heterocycles. The van der Waals surface area contributed by atoms with Gasteiger partial charge in [0, 0.05) is 28.9 Å². The number of halogens is 2. The lowest BCUT2D eigenvalue weighted by Gasteiger charge is -2.04. The molecule has 106 valence electrons. The first-order chi connectivity index (χ1) is 9.52. The lowest BCUT2D eigenvalue weighted by molar-refractivity contribution is 0.0688. The van der Waals surface area contributed by atoms with Crippen LogP contribution >= 0.6 is 15.9 Å². The van der Waals surface area contributed by atoms with Gasteiger partial charge in [0.05, 0.1) is 5.69 Å². The fourth-order valence-electron chi connectivity index (χ4n) is 1.83. The van der Waals surface area contributed by atoms with Gasteiger partial charge >= 0.3 is 5.97 Å². The van der Waals surface area contributed by atoms with E-state index in [1.54, 1.807) is 6.20 Å². The number of hydrogen-bond acceptors (Lipinski definition) is 3. The van der Waals surface area contributed by atoms with Gasteiger partial charge in [-0.3, -0.25) is 0 Å². The third-order valence-corrected chi connectivity index (χ3v) is 3.42. The van der Waals surface area contributed by atoms with E-state index >= 15 is 0 Å². The maximum atomic E-state index is 13.3. The lowest BCUT2D eigenvalue weighted by Crippen LogP contribution is -2.03. The maximum Gasteiger partial charge on any atom is 0.356 e. The van der Waals surface area contributed by atoms with E-state index in [0.29, 0.717) is 28.6 Å². The number of aromatic carboxylic acids is 1. The highest BCUT2D eigenvalue weighted by Gasteiger charge is 2.17. The number of carboxylic acid groups (broad SMARTS) is 1. The number of benzene rings is 1. The molecule has 0 aliphatic rings. The molecule has 20 heavy (non-hydrogen) atoms. The Balaban J connectivity index is 2.47. The Bertz CT molecular complexity index is 643. The standard InChI is InChI=1S/C13H12BrFN2O3/c14-10-4-3-9(15)6-11(10)17-7-8(2-1-5-18)12(16-17)13(19)20/h3-4,6-7,18H,1-2,5H2,(H,19,20). The number of aryl methyl sites for hydroxylation is 1. The van der Waals surface area contributed by atoms with Crippen molar-refractivity contribution in [3.63, 3.8) is 0 Å². The molecule has 0 atom stereocenters. The van der Waals surface area contributed by atoms with Crippen LogP contribution in [0.5, 0.6) is 0 Å². The second kappa shape index (κ2) is 6.15. The maximum absolute atomic E-state index is 13.3. The average molecular weight is 343 g/mol. The molecule has 2 aromatic rings. The minimum Gasteiger partial charge on any atom is -0.476 e. The second-order valence-electron chi connectivity index (χ2n) is 4.18. The Morgan fingerprint density at radius 3 is 2.85 bits per heavy atom. The third kappa shape index (κ3) is 3.05. The lowest BCUT2D eigenvalue weighted by atomic mass is 10.1. The number of nitrogens with zero attached hydrogens (tertiary/aromatic N) is 2. The first kappa shape index (κ1) is 14.7. The number of aliphatic hydroxyl groups is 1. The minimum atomic E-state index is -1.15. The number of carboxylic acids is 1. The highest BCUT2D eigenvalue weighted by molar-refractivity contribution is 9.10. The predicted octanol–water partition coefficient (Wildman–Crippen LogP) is 2.40. The first-order valence-corrected chi connectivity index (χ1v) is 6.70. The van der Waals surface area contributed by atoms with Gasteiger partial charge in [-0.1, -0.05) is 0 Å². The fraction of sp³-hybridized carbons (Fsp3) is 0.231. The van der Waals surface area contributed by atoms with E-state index in [2.05, 4.69) is 21.0 Å². The molecule has 0 amide bonds. The molecule has 5 nitrogen and oxygen atoms in total. The molecule has 1 aromatic heterocycles. The zero-order chi connectivity index (χ0) is 14.7. The van der Waals surface area contributed by atoms with Gasteiger partial charge in [-0.15, -0.1) is 0 Å². The molecule has 0 aliphatic heterocycles. The van der Waals surface area contributed by atoms with Crippen LogP contribution in [-0.2, 0) is 6.42 Å². The van der Waals surface area contributed by atoms with Crippen LogP contribution in [0.15, 0.2) is 28.9 Å². The van der Waals surface area contributed by atoms with Gasteiger partial charge in [-0.05, 0) is 40.9 Å². The van der Waals surface area contributed by atoms with Crippen molar-refractivity contribution in [2.45, 2.75) is 12.8 Å². The molecule has 0 fully saturated rings. The summed E-state index contributed by atoms with van der Waals surface area (Å²) < 4.78 is 15.2. The van der Waals surface area contributed by atoms with Crippen molar-refractivity contribution in [1.82, 2.24) is 9.78 Å². The van der Waals surface area contributed by atoms with Gasteiger partial charge in [0.25, 0.3) is 0 Å². The Labute approximate surface area is 122 Å². The Kier molecular flexibility index (Phi) is 4.51. The zero-order valence-electron chi connectivity index (χ0n) is 10.4. The zero-order valence-corrected chi connectivity index (χ0v) is 12.0. The summed E-state index contributed by atoms with van der Waals surface area (Å²) in [7, 11) is 0. The summed E-state index contributed by atoms with van der Waals surface area (Å²) in [6, 6.07) is 4.08. The van der Waals surface area contributed by atoms with Crippen LogP contribution in [0.1, 0.15) is 22.5 Å². The Morgan fingerprint density at radius 1 is 1.45 bits per heavy atom. The number of aromatic nitrogens is 2. The SMILES string of the molecule is O=C(O)c1nn(-c2cc(F)ccc2Br)cc1CCCO. The fourth-order valence-corrected chi connectivity index (χ4v) is 2.26. The monoisotopic (exact) mass is 342 g/mol. The molecule has 0 unspecified atom stereocenters. The summed E-state index contributed by atoms with van der Waals surface area (Å²) in [5.41, 5.74) is 0.833. The Hall–Kier alpha value is -1.73. The van der Waals surface area contributed by atoms with E-state index in [0.717, 1.165) is 0 Å². The minimum absolute atomic E-state index is 0.0338. The molecule has 2 N–H and O–H groups in total. The summed E-state index contributed by atoms with van der Waals surface area (Å²) in [5, 5.41) is 21.9. The van der Waals surface area contributed by atoms with E-state index in [9.17, 15) is 9.18 Å². The number of aliphatic hydroxyl groups excluding tert-OH is 1. The van der Waals surface area contributed by atoms with Crippen molar-refractivity contribution in [2.75, 3.05) is 6.61 Å². The van der Waals surface area contributed by atoms with Crippen LogP contribution < -0.4 is 0 Å². The van der Waals surface area contributed by atoms with E-state index in [4.69, 9.17) is 10.2 Å². The van der Waals surface area contributed by atoms with Crippen LogP contribution in [0.4, 0.5) is 4.39 Å². The average Bonchev–Trinajstić information content (AvgIpc) is 2.83. The quantitative estimate of drug-likeness (QED) is 0.874. The van der Waals surface area contributed by atoms with Crippen molar-refractivity contribution >= 4 is 21.9 Å². The summed E-state index contributed by atoms with van der Waals surface area (Å²) in [5.74, 6) is -1.59. The largest absolute Gasteiger partial charge is 0.476 e. The molecule has 7 heteroatoms. The van der Waals surface area contributed by atoms with Crippen LogP contribution in [0.2, 0.25) is 0 Å². The molecule has 0 aliphatic carbocycles. The number of hydrogen-bond donors (Lipinski definition) is 2. The van der Waals surface area contributed by atoms with Gasteiger partial charge in [0.15, 0.2) is 5.69 Å². The molecule has 1 aromatic carbocycles. The van der Waals surface area contributed by atoms with E-state index in [1.165, 1.54) is 22.9 Å². The normalized spacial score (nSPS) is 10.8. The number of carbonyl (C=O) groups is 1. The van der Waals surface area contributed by atoms with Crippen LogP contribution in [0, 0.1) is 5.82 Å². The molecule has 0 spiro atoms. The second-order valence-corrected chi connectivity index (χ2v) is 5.03. The van der Waals surface area contributed by atoms with Gasteiger partial charge in [0.1, 0.15) is 5.82 Å². The van der Waals surface area contributed by atoms with Crippen LogP contribution in [-0.4, -0.2) is 32.6 Å². The van der Waals surface area contributed by atoms with Gasteiger partial charge < -0.3 is 10.2 Å². The summed E-state index contributed by atoms with van der Waals surface area (Å²) in [6.07, 6.45) is 2.38.